The van der Waals surface area contributed by atoms with Crippen LogP contribution in [0.2, 0.25) is 0 Å². The third-order valence-corrected chi connectivity index (χ3v) is 3.78. The van der Waals surface area contributed by atoms with E-state index in [0.29, 0.717) is 12.1 Å². The van der Waals surface area contributed by atoms with Gasteiger partial charge in [-0.25, -0.2) is 13.2 Å². The molecule has 0 fully saturated rings. The average Bonchev–Trinajstić information content (AvgIpc) is 2.61. The minimum absolute atomic E-state index is 0.247. The summed E-state index contributed by atoms with van der Waals surface area (Å²) in [5.74, 6) is -3.47. The molecule has 150 valence electrons. The van der Waals surface area contributed by atoms with Crippen molar-refractivity contribution in [3.63, 3.8) is 0 Å². The first kappa shape index (κ1) is 21.6. The molecule has 2 rings (SSSR count). The molecule has 0 spiro atoms. The molecular formula is C17H13F6N3OS. The van der Waals surface area contributed by atoms with Crippen LogP contribution in [0.5, 0.6) is 0 Å². The molecule has 0 saturated carbocycles. The fourth-order valence-electron chi connectivity index (χ4n) is 2.32. The van der Waals surface area contributed by atoms with Crippen molar-refractivity contribution in [1.82, 2.24) is 15.6 Å². The van der Waals surface area contributed by atoms with Gasteiger partial charge in [0.05, 0.1) is 17.8 Å². The summed E-state index contributed by atoms with van der Waals surface area (Å²) in [6, 6.07) is 6.27. The van der Waals surface area contributed by atoms with Gasteiger partial charge in [0.15, 0.2) is 5.11 Å². The van der Waals surface area contributed by atoms with Crippen molar-refractivity contribution < 1.29 is 31.1 Å². The maximum absolute atomic E-state index is 14.2. The summed E-state index contributed by atoms with van der Waals surface area (Å²) in [6.45, 7) is -0.842. The lowest BCUT2D eigenvalue weighted by Crippen LogP contribution is -2.43. The van der Waals surface area contributed by atoms with Gasteiger partial charge in [0.1, 0.15) is 11.7 Å². The number of amides is 1. The van der Waals surface area contributed by atoms with Gasteiger partial charge in [-0.1, -0.05) is 18.2 Å². The molecule has 1 amide bonds. The van der Waals surface area contributed by atoms with Gasteiger partial charge in [-0.05, 0) is 30.4 Å². The quantitative estimate of drug-likeness (QED) is 0.572. The topological polar surface area (TPSA) is 54.0 Å². The van der Waals surface area contributed by atoms with Crippen LogP contribution in [0.3, 0.4) is 0 Å². The number of halogens is 6. The van der Waals surface area contributed by atoms with E-state index in [2.05, 4.69) is 15.6 Å². The van der Waals surface area contributed by atoms with Crippen molar-refractivity contribution in [3.05, 3.63) is 65.2 Å². The number of carbonyl (C=O) groups is 1. The van der Waals surface area contributed by atoms with Gasteiger partial charge in [0.25, 0.3) is 6.43 Å². The summed E-state index contributed by atoms with van der Waals surface area (Å²) < 4.78 is 77.7. The van der Waals surface area contributed by atoms with Crippen molar-refractivity contribution in [1.29, 1.82) is 0 Å². The fourth-order valence-corrected chi connectivity index (χ4v) is 2.51. The standard InChI is InChI=1S/C17H13F6N3OS/c18-11-4-2-1-3-10(11)14(15(27)26-16(28)25-8-13(19)20)12-7-9(5-6-24-12)17(21,22)23/h1-7,13-14H,8H2,(H2,25,26,27,28). The molecule has 0 aliphatic rings. The van der Waals surface area contributed by atoms with Crippen LogP contribution < -0.4 is 10.6 Å². The van der Waals surface area contributed by atoms with Gasteiger partial charge in [-0.3, -0.25) is 9.78 Å². The Bertz CT molecular complexity index is 859. The lowest BCUT2D eigenvalue weighted by atomic mass is 9.93. The van der Waals surface area contributed by atoms with Crippen LogP contribution in [0.25, 0.3) is 0 Å². The number of rotatable bonds is 5. The molecular weight excluding hydrogens is 408 g/mol. The predicted octanol–water partition coefficient (Wildman–Crippen LogP) is 3.63. The lowest BCUT2D eigenvalue weighted by molar-refractivity contribution is -0.137. The zero-order valence-electron chi connectivity index (χ0n) is 13.9. The van der Waals surface area contributed by atoms with Crippen molar-refractivity contribution in [3.8, 4) is 0 Å². The second-order valence-electron chi connectivity index (χ2n) is 5.51. The zero-order valence-corrected chi connectivity index (χ0v) is 14.8. The number of nitrogens with one attached hydrogen (secondary N) is 2. The van der Waals surface area contributed by atoms with E-state index >= 15 is 0 Å². The number of pyridine rings is 1. The first-order valence-corrected chi connectivity index (χ1v) is 8.15. The Kier molecular flexibility index (Phi) is 6.95. The monoisotopic (exact) mass is 421 g/mol. The molecule has 1 aromatic heterocycles. The molecule has 0 aliphatic carbocycles. The minimum Gasteiger partial charge on any atom is -0.357 e. The number of benzene rings is 1. The van der Waals surface area contributed by atoms with E-state index in [-0.39, 0.29) is 11.3 Å². The molecule has 0 saturated heterocycles. The number of carbonyl (C=O) groups excluding carboxylic acids is 1. The highest BCUT2D eigenvalue weighted by molar-refractivity contribution is 7.80. The van der Waals surface area contributed by atoms with E-state index in [1.165, 1.54) is 18.2 Å². The Hall–Kier alpha value is -2.69. The van der Waals surface area contributed by atoms with Crippen LogP contribution in [0.4, 0.5) is 26.3 Å². The number of aromatic nitrogens is 1. The summed E-state index contributed by atoms with van der Waals surface area (Å²) in [5, 5.41) is 3.68. The first-order valence-electron chi connectivity index (χ1n) is 7.74. The minimum atomic E-state index is -4.71. The Balaban J connectivity index is 2.40. The Labute approximate surface area is 161 Å². The average molecular weight is 421 g/mol. The molecule has 28 heavy (non-hydrogen) atoms. The molecule has 2 N–H and O–H groups in total. The number of hydrogen-bond donors (Lipinski definition) is 2. The first-order chi connectivity index (χ1) is 13.1. The van der Waals surface area contributed by atoms with Crippen molar-refractivity contribution >= 4 is 23.2 Å². The summed E-state index contributed by atoms with van der Waals surface area (Å²) in [6.07, 6.45) is -6.61. The molecule has 0 radical (unpaired) electrons. The predicted molar refractivity (Wildman–Crippen MR) is 92.2 cm³/mol. The Morgan fingerprint density at radius 2 is 1.86 bits per heavy atom. The summed E-state index contributed by atoms with van der Waals surface area (Å²) in [5.41, 5.74) is -1.71. The number of alkyl halides is 5. The largest absolute Gasteiger partial charge is 0.416 e. The van der Waals surface area contributed by atoms with E-state index in [1.807, 2.05) is 0 Å². The molecule has 1 atom stereocenters. The second kappa shape index (κ2) is 9.00. The molecule has 1 heterocycles. The smallest absolute Gasteiger partial charge is 0.357 e. The van der Waals surface area contributed by atoms with Gasteiger partial charge in [0.2, 0.25) is 5.91 Å². The third kappa shape index (κ3) is 5.65. The maximum atomic E-state index is 14.2. The van der Waals surface area contributed by atoms with Crippen LogP contribution in [-0.2, 0) is 11.0 Å². The SMILES string of the molecule is O=C(NC(=S)NCC(F)F)C(c1cc(C(F)(F)F)ccn1)c1ccccc1F. The highest BCUT2D eigenvalue weighted by atomic mass is 32.1. The van der Waals surface area contributed by atoms with Gasteiger partial charge in [0, 0.05) is 11.8 Å². The summed E-state index contributed by atoms with van der Waals surface area (Å²) in [4.78, 5) is 16.4. The van der Waals surface area contributed by atoms with Gasteiger partial charge in [-0.2, -0.15) is 13.2 Å². The summed E-state index contributed by atoms with van der Waals surface area (Å²) in [7, 11) is 0. The molecule has 4 nitrogen and oxygen atoms in total. The van der Waals surface area contributed by atoms with E-state index in [9.17, 15) is 31.1 Å². The maximum Gasteiger partial charge on any atom is 0.416 e. The molecule has 11 heteroatoms. The number of hydrogen-bond acceptors (Lipinski definition) is 3. The normalized spacial score (nSPS) is 12.5. The van der Waals surface area contributed by atoms with Crippen LogP contribution >= 0.6 is 12.2 Å². The molecule has 0 aliphatic heterocycles. The Morgan fingerprint density at radius 1 is 1.18 bits per heavy atom. The van der Waals surface area contributed by atoms with Gasteiger partial charge >= 0.3 is 6.18 Å². The highest BCUT2D eigenvalue weighted by Crippen LogP contribution is 2.32. The van der Waals surface area contributed by atoms with Crippen LogP contribution in [0.15, 0.2) is 42.6 Å². The van der Waals surface area contributed by atoms with Gasteiger partial charge in [-0.15, -0.1) is 0 Å². The summed E-state index contributed by atoms with van der Waals surface area (Å²) >= 11 is 4.72. The van der Waals surface area contributed by atoms with Crippen LogP contribution in [0.1, 0.15) is 22.7 Å². The van der Waals surface area contributed by atoms with E-state index in [0.717, 1.165) is 12.3 Å². The molecule has 1 unspecified atom stereocenters. The van der Waals surface area contributed by atoms with Crippen LogP contribution in [-0.4, -0.2) is 29.0 Å². The van der Waals surface area contributed by atoms with Crippen LogP contribution in [0, 0.1) is 5.82 Å². The van der Waals surface area contributed by atoms with E-state index in [4.69, 9.17) is 12.2 Å². The molecule has 2 aromatic rings. The second-order valence-corrected chi connectivity index (χ2v) is 5.92. The molecule has 1 aromatic carbocycles. The van der Waals surface area contributed by atoms with Crippen molar-refractivity contribution in [2.24, 2.45) is 0 Å². The third-order valence-electron chi connectivity index (χ3n) is 3.54. The fraction of sp³-hybridized carbons (Fsp3) is 0.235. The van der Waals surface area contributed by atoms with E-state index in [1.54, 1.807) is 0 Å². The number of thiocarbonyl (C=S) groups is 1. The molecule has 0 bridgehead atoms. The Morgan fingerprint density at radius 3 is 2.46 bits per heavy atom. The number of nitrogens with zero attached hydrogens (tertiary/aromatic N) is 1. The zero-order chi connectivity index (χ0) is 20.9. The highest BCUT2D eigenvalue weighted by Gasteiger charge is 2.34. The van der Waals surface area contributed by atoms with Crippen molar-refractivity contribution in [2.45, 2.75) is 18.5 Å². The van der Waals surface area contributed by atoms with Gasteiger partial charge < -0.3 is 10.6 Å². The van der Waals surface area contributed by atoms with Crippen molar-refractivity contribution in [2.75, 3.05) is 6.54 Å². The van der Waals surface area contributed by atoms with E-state index < -0.39 is 47.5 Å². The lowest BCUT2D eigenvalue weighted by Gasteiger charge is -2.19.